The van der Waals surface area contributed by atoms with Crippen LogP contribution in [0.25, 0.3) is 0 Å². The summed E-state index contributed by atoms with van der Waals surface area (Å²) in [5.41, 5.74) is 0.841. The first kappa shape index (κ1) is 19.9. The van der Waals surface area contributed by atoms with Gasteiger partial charge in [-0.1, -0.05) is 20.8 Å². The Morgan fingerprint density at radius 1 is 1.24 bits per heavy atom. The zero-order chi connectivity index (χ0) is 19.2. The molecule has 140 valence electrons. The SMILES string of the molecule is CCOC(=O)c1c(NC(=O)C(C)(C)C)sc2c1CC(C)(C)[NH2+]C2(C)C. The summed E-state index contributed by atoms with van der Waals surface area (Å²) in [4.78, 5) is 26.3. The molecule has 0 saturated carbocycles. The van der Waals surface area contributed by atoms with E-state index >= 15 is 0 Å². The zero-order valence-corrected chi connectivity index (χ0v) is 17.4. The molecule has 25 heavy (non-hydrogen) atoms. The molecule has 2 heterocycles. The maximum absolute atomic E-state index is 12.7. The Morgan fingerprint density at radius 3 is 2.36 bits per heavy atom. The number of quaternary nitrogens is 1. The molecule has 0 atom stereocenters. The minimum atomic E-state index is -0.530. The molecule has 0 saturated heterocycles. The topological polar surface area (TPSA) is 72.0 Å². The number of ether oxygens (including phenoxy) is 1. The molecular formula is C19H31N2O3S+. The van der Waals surface area contributed by atoms with E-state index in [-0.39, 0.29) is 23.0 Å². The van der Waals surface area contributed by atoms with Gasteiger partial charge in [0.25, 0.3) is 0 Å². The lowest BCUT2D eigenvalue weighted by Gasteiger charge is -2.38. The smallest absolute Gasteiger partial charge is 0.341 e. The molecule has 0 fully saturated rings. The molecule has 1 aromatic heterocycles. The van der Waals surface area contributed by atoms with Crippen LogP contribution in [0.1, 0.15) is 76.2 Å². The molecule has 1 aliphatic rings. The Kier molecular flexibility index (Phi) is 5.10. The average Bonchev–Trinajstić information content (AvgIpc) is 2.74. The summed E-state index contributed by atoms with van der Waals surface area (Å²) >= 11 is 1.50. The number of carbonyl (C=O) groups is 2. The minimum Gasteiger partial charge on any atom is -0.462 e. The molecule has 0 bridgehead atoms. The standard InChI is InChI=1S/C19H30N2O3S/c1-9-24-15(22)12-11-10-18(5,6)21-19(7,8)13(11)25-14(12)20-16(23)17(2,3)4/h21H,9-10H2,1-8H3,(H,20,23)/p+1. The van der Waals surface area contributed by atoms with Gasteiger partial charge in [-0.3, -0.25) is 4.79 Å². The van der Waals surface area contributed by atoms with E-state index in [1.54, 1.807) is 6.92 Å². The van der Waals surface area contributed by atoms with Crippen LogP contribution < -0.4 is 10.6 Å². The lowest BCUT2D eigenvalue weighted by Crippen LogP contribution is -3.03. The summed E-state index contributed by atoms with van der Waals surface area (Å²) in [7, 11) is 0. The van der Waals surface area contributed by atoms with Crippen LogP contribution in [-0.2, 0) is 21.5 Å². The number of hydrogen-bond acceptors (Lipinski definition) is 4. The van der Waals surface area contributed by atoms with Crippen LogP contribution in [0.5, 0.6) is 0 Å². The second kappa shape index (κ2) is 6.40. The van der Waals surface area contributed by atoms with E-state index < -0.39 is 5.41 Å². The fraction of sp³-hybridized carbons (Fsp3) is 0.684. The van der Waals surface area contributed by atoms with Gasteiger partial charge in [-0.05, 0) is 40.2 Å². The largest absolute Gasteiger partial charge is 0.462 e. The molecule has 0 radical (unpaired) electrons. The van der Waals surface area contributed by atoms with Crippen molar-refractivity contribution in [3.05, 3.63) is 16.0 Å². The number of thiophene rings is 1. The lowest BCUT2D eigenvalue weighted by molar-refractivity contribution is -0.789. The molecule has 2 rings (SSSR count). The van der Waals surface area contributed by atoms with Crippen LogP contribution in [-0.4, -0.2) is 24.0 Å². The number of rotatable bonds is 3. The first-order valence-corrected chi connectivity index (χ1v) is 9.62. The molecule has 0 aliphatic carbocycles. The number of fused-ring (bicyclic) bond motifs is 1. The highest BCUT2D eigenvalue weighted by molar-refractivity contribution is 7.17. The van der Waals surface area contributed by atoms with Crippen molar-refractivity contribution in [1.29, 1.82) is 0 Å². The van der Waals surface area contributed by atoms with Gasteiger partial charge in [-0.25, -0.2) is 4.79 Å². The maximum atomic E-state index is 12.7. The quantitative estimate of drug-likeness (QED) is 0.807. The normalized spacial score (nSPS) is 18.4. The van der Waals surface area contributed by atoms with Gasteiger partial charge in [0, 0.05) is 11.8 Å². The molecule has 0 aromatic carbocycles. The van der Waals surface area contributed by atoms with E-state index in [4.69, 9.17) is 4.74 Å². The van der Waals surface area contributed by atoms with Crippen LogP contribution in [0.3, 0.4) is 0 Å². The average molecular weight is 368 g/mol. The zero-order valence-electron chi connectivity index (χ0n) is 16.6. The van der Waals surface area contributed by atoms with Crippen LogP contribution in [0.2, 0.25) is 0 Å². The maximum Gasteiger partial charge on any atom is 0.341 e. The van der Waals surface area contributed by atoms with Gasteiger partial charge in [-0.15, -0.1) is 11.3 Å². The van der Waals surface area contributed by atoms with Crippen molar-refractivity contribution in [2.24, 2.45) is 5.41 Å². The van der Waals surface area contributed by atoms with Crippen molar-refractivity contribution in [2.45, 2.75) is 72.9 Å². The Labute approximate surface area is 154 Å². The van der Waals surface area contributed by atoms with E-state index in [1.165, 1.54) is 11.3 Å². The second-order valence-electron chi connectivity index (χ2n) is 9.07. The van der Waals surface area contributed by atoms with Crippen LogP contribution in [0.4, 0.5) is 5.00 Å². The number of nitrogens with two attached hydrogens (primary N) is 1. The summed E-state index contributed by atoms with van der Waals surface area (Å²) in [6.07, 6.45) is 0.766. The van der Waals surface area contributed by atoms with Crippen molar-refractivity contribution < 1.29 is 19.6 Å². The van der Waals surface area contributed by atoms with Crippen molar-refractivity contribution in [3.8, 4) is 0 Å². The highest BCUT2D eigenvalue weighted by Gasteiger charge is 2.45. The Balaban J connectivity index is 2.59. The predicted octanol–water partition coefficient (Wildman–Crippen LogP) is 3.04. The Bertz CT molecular complexity index is 696. The van der Waals surface area contributed by atoms with E-state index in [0.29, 0.717) is 17.2 Å². The van der Waals surface area contributed by atoms with Gasteiger partial charge in [-0.2, -0.15) is 0 Å². The summed E-state index contributed by atoms with van der Waals surface area (Å²) in [5.74, 6) is -0.449. The third-order valence-electron chi connectivity index (χ3n) is 4.36. The van der Waals surface area contributed by atoms with Crippen molar-refractivity contribution in [3.63, 3.8) is 0 Å². The van der Waals surface area contributed by atoms with Gasteiger partial charge in [0.15, 0.2) is 0 Å². The first-order chi connectivity index (χ1) is 11.3. The monoisotopic (exact) mass is 367 g/mol. The predicted molar refractivity (Wildman–Crippen MR) is 101 cm³/mol. The van der Waals surface area contributed by atoms with Gasteiger partial charge < -0.3 is 15.4 Å². The van der Waals surface area contributed by atoms with Crippen LogP contribution >= 0.6 is 11.3 Å². The third-order valence-corrected chi connectivity index (χ3v) is 5.85. The van der Waals surface area contributed by atoms with E-state index in [2.05, 4.69) is 38.3 Å². The van der Waals surface area contributed by atoms with Crippen LogP contribution in [0, 0.1) is 5.41 Å². The fourth-order valence-corrected chi connectivity index (χ4v) is 4.78. The highest BCUT2D eigenvalue weighted by atomic mass is 32.1. The first-order valence-electron chi connectivity index (χ1n) is 8.80. The van der Waals surface area contributed by atoms with E-state index in [9.17, 15) is 9.59 Å². The van der Waals surface area contributed by atoms with Gasteiger partial charge in [0.1, 0.15) is 10.5 Å². The molecule has 6 heteroatoms. The summed E-state index contributed by atoms with van der Waals surface area (Å²) in [6.45, 7) is 16.4. The van der Waals surface area contributed by atoms with Gasteiger partial charge >= 0.3 is 5.97 Å². The molecule has 3 N–H and O–H groups in total. The minimum absolute atomic E-state index is 0.0237. The van der Waals surface area contributed by atoms with Crippen LogP contribution in [0.15, 0.2) is 0 Å². The summed E-state index contributed by atoms with van der Waals surface area (Å²) < 4.78 is 5.30. The summed E-state index contributed by atoms with van der Waals surface area (Å²) in [6, 6.07) is 0. The molecule has 0 unspecified atom stereocenters. The number of amides is 1. The number of nitrogens with one attached hydrogen (secondary N) is 1. The molecule has 0 spiro atoms. The second-order valence-corrected chi connectivity index (χ2v) is 10.1. The highest BCUT2D eigenvalue weighted by Crippen LogP contribution is 2.42. The molecule has 1 amide bonds. The van der Waals surface area contributed by atoms with Crippen molar-refractivity contribution in [2.75, 3.05) is 11.9 Å². The molecular weight excluding hydrogens is 336 g/mol. The Morgan fingerprint density at radius 2 is 1.84 bits per heavy atom. The van der Waals surface area contributed by atoms with Crippen molar-refractivity contribution >= 4 is 28.2 Å². The Hall–Kier alpha value is -1.40. The van der Waals surface area contributed by atoms with Gasteiger partial charge in [0.05, 0.1) is 22.6 Å². The van der Waals surface area contributed by atoms with E-state index in [0.717, 1.165) is 16.9 Å². The van der Waals surface area contributed by atoms with Crippen molar-refractivity contribution in [1.82, 2.24) is 0 Å². The molecule has 1 aliphatic heterocycles. The molecule has 5 nitrogen and oxygen atoms in total. The number of carbonyl (C=O) groups excluding carboxylic acids is 2. The summed E-state index contributed by atoms with van der Waals surface area (Å²) in [5, 5.41) is 5.93. The van der Waals surface area contributed by atoms with Gasteiger partial charge in [0.2, 0.25) is 5.91 Å². The van der Waals surface area contributed by atoms with E-state index in [1.807, 2.05) is 20.8 Å². The third kappa shape index (κ3) is 4.06. The lowest BCUT2D eigenvalue weighted by atomic mass is 9.81. The number of esters is 1. The fourth-order valence-electron chi connectivity index (χ4n) is 3.50. The number of hydrogen-bond donors (Lipinski definition) is 2. The number of anilines is 1. The molecule has 1 aromatic rings.